The summed E-state index contributed by atoms with van der Waals surface area (Å²) in [6.07, 6.45) is 0. The summed E-state index contributed by atoms with van der Waals surface area (Å²) in [6.45, 7) is 3.97. The Morgan fingerprint density at radius 3 is 2.21 bits per heavy atom. The van der Waals surface area contributed by atoms with Crippen molar-refractivity contribution < 1.29 is 24.2 Å². The quantitative estimate of drug-likeness (QED) is 0.643. The number of imide groups is 1. The van der Waals surface area contributed by atoms with Crippen molar-refractivity contribution in [3.05, 3.63) is 88.5 Å². The molecule has 0 unspecified atom stereocenters. The minimum Gasteiger partial charge on any atom is -0.545 e. The summed E-state index contributed by atoms with van der Waals surface area (Å²) in [6, 6.07) is 16.0. The van der Waals surface area contributed by atoms with Crippen LogP contribution in [-0.2, 0) is 0 Å². The number of carbonyl (C=O) groups is 3. The number of rotatable bonds is 4. The van der Waals surface area contributed by atoms with Gasteiger partial charge in [-0.2, -0.15) is 0 Å². The Morgan fingerprint density at radius 2 is 1.48 bits per heavy atom. The van der Waals surface area contributed by atoms with Crippen molar-refractivity contribution in [2.75, 3.05) is 4.90 Å². The molecule has 6 nitrogen and oxygen atoms in total. The second-order valence-corrected chi connectivity index (χ2v) is 6.81. The molecule has 0 radical (unpaired) electrons. The van der Waals surface area contributed by atoms with E-state index in [1.807, 2.05) is 32.0 Å². The van der Waals surface area contributed by atoms with Crippen LogP contribution in [0.3, 0.4) is 0 Å². The van der Waals surface area contributed by atoms with Crippen molar-refractivity contribution in [2.24, 2.45) is 0 Å². The summed E-state index contributed by atoms with van der Waals surface area (Å²) in [5.41, 5.74) is 2.30. The highest BCUT2D eigenvalue weighted by molar-refractivity contribution is 6.35. The largest absolute Gasteiger partial charge is 0.545 e. The first-order valence-corrected chi connectivity index (χ1v) is 8.95. The summed E-state index contributed by atoms with van der Waals surface area (Å²) >= 11 is 0. The molecular weight excluding hydrogens is 370 g/mol. The second kappa shape index (κ2) is 6.91. The minimum atomic E-state index is -1.46. The van der Waals surface area contributed by atoms with Gasteiger partial charge in [-0.25, -0.2) is 4.90 Å². The molecule has 4 rings (SSSR count). The fourth-order valence-electron chi connectivity index (χ4n) is 3.26. The molecule has 0 N–H and O–H groups in total. The average Bonchev–Trinajstić information content (AvgIpc) is 2.95. The van der Waals surface area contributed by atoms with Gasteiger partial charge in [0.15, 0.2) is 0 Å². The Morgan fingerprint density at radius 1 is 0.828 bits per heavy atom. The summed E-state index contributed by atoms with van der Waals surface area (Å²) < 4.78 is 5.84. The number of carboxylic acid groups (broad SMARTS) is 1. The van der Waals surface area contributed by atoms with Gasteiger partial charge in [0.05, 0.1) is 22.8 Å². The van der Waals surface area contributed by atoms with Crippen LogP contribution in [-0.4, -0.2) is 17.8 Å². The van der Waals surface area contributed by atoms with E-state index in [0.717, 1.165) is 16.0 Å². The van der Waals surface area contributed by atoms with Crippen molar-refractivity contribution >= 4 is 23.5 Å². The predicted molar refractivity (Wildman–Crippen MR) is 104 cm³/mol. The SMILES string of the molecule is Cc1ccc(Oc2ccc3c(c2)C(=O)N(c2ccccc2C(=O)[O-])C3=O)cc1C. The van der Waals surface area contributed by atoms with Crippen LogP contribution in [0.25, 0.3) is 0 Å². The Kier molecular flexibility index (Phi) is 4.39. The number of amides is 2. The van der Waals surface area contributed by atoms with E-state index < -0.39 is 17.8 Å². The van der Waals surface area contributed by atoms with Crippen molar-refractivity contribution in [2.45, 2.75) is 13.8 Å². The summed E-state index contributed by atoms with van der Waals surface area (Å²) in [5.74, 6) is -1.64. The number of hydrogen-bond acceptors (Lipinski definition) is 5. The maximum atomic E-state index is 12.9. The van der Waals surface area contributed by atoms with E-state index in [-0.39, 0.29) is 22.4 Å². The fraction of sp³-hybridized carbons (Fsp3) is 0.0870. The molecule has 3 aromatic carbocycles. The maximum absolute atomic E-state index is 12.9. The number of carbonyl (C=O) groups excluding carboxylic acids is 3. The van der Waals surface area contributed by atoms with E-state index in [4.69, 9.17) is 4.74 Å². The molecule has 29 heavy (non-hydrogen) atoms. The van der Waals surface area contributed by atoms with E-state index in [2.05, 4.69) is 0 Å². The van der Waals surface area contributed by atoms with Crippen LogP contribution in [0.1, 0.15) is 42.2 Å². The first-order valence-electron chi connectivity index (χ1n) is 8.95. The third kappa shape index (κ3) is 3.14. The zero-order valence-corrected chi connectivity index (χ0v) is 15.8. The maximum Gasteiger partial charge on any atom is 0.266 e. The molecule has 1 heterocycles. The lowest BCUT2D eigenvalue weighted by Gasteiger charge is -2.18. The van der Waals surface area contributed by atoms with Gasteiger partial charge in [0.2, 0.25) is 0 Å². The lowest BCUT2D eigenvalue weighted by Crippen LogP contribution is -2.33. The number of nitrogens with zero attached hydrogens (tertiary/aromatic N) is 1. The van der Waals surface area contributed by atoms with Gasteiger partial charge in [0.25, 0.3) is 11.8 Å². The molecule has 2 amide bonds. The number of hydrogen-bond donors (Lipinski definition) is 0. The predicted octanol–water partition coefficient (Wildman–Crippen LogP) is 3.26. The molecule has 6 heteroatoms. The first kappa shape index (κ1) is 18.4. The highest BCUT2D eigenvalue weighted by Gasteiger charge is 2.38. The number of benzene rings is 3. The third-order valence-electron chi connectivity index (χ3n) is 4.94. The molecule has 0 aromatic heterocycles. The zero-order valence-electron chi connectivity index (χ0n) is 15.8. The average molecular weight is 386 g/mol. The smallest absolute Gasteiger partial charge is 0.266 e. The molecule has 1 aliphatic rings. The summed E-state index contributed by atoms with van der Waals surface area (Å²) in [4.78, 5) is 38.0. The molecule has 0 spiro atoms. The van der Waals surface area contributed by atoms with Crippen LogP contribution < -0.4 is 14.7 Å². The number of carboxylic acids is 1. The van der Waals surface area contributed by atoms with Gasteiger partial charge in [0.1, 0.15) is 11.5 Å². The molecule has 144 valence electrons. The lowest BCUT2D eigenvalue weighted by atomic mass is 10.1. The topological polar surface area (TPSA) is 86.7 Å². The van der Waals surface area contributed by atoms with Crippen molar-refractivity contribution in [3.63, 3.8) is 0 Å². The molecule has 0 saturated heterocycles. The zero-order chi connectivity index (χ0) is 20.7. The Hall–Kier alpha value is -3.93. The van der Waals surface area contributed by atoms with E-state index in [0.29, 0.717) is 11.5 Å². The van der Waals surface area contributed by atoms with Crippen LogP contribution in [0.5, 0.6) is 11.5 Å². The lowest BCUT2D eigenvalue weighted by molar-refractivity contribution is -0.254. The molecule has 0 fully saturated rings. The fourth-order valence-corrected chi connectivity index (χ4v) is 3.26. The first-order chi connectivity index (χ1) is 13.9. The molecule has 0 atom stereocenters. The Bertz CT molecular complexity index is 1180. The molecule has 0 bridgehead atoms. The molecule has 0 aliphatic carbocycles. The second-order valence-electron chi connectivity index (χ2n) is 6.81. The van der Waals surface area contributed by atoms with Gasteiger partial charge >= 0.3 is 0 Å². The van der Waals surface area contributed by atoms with Crippen molar-refractivity contribution in [3.8, 4) is 11.5 Å². The minimum absolute atomic E-state index is 0.0182. The monoisotopic (exact) mass is 386 g/mol. The highest BCUT2D eigenvalue weighted by Crippen LogP contribution is 2.34. The van der Waals surface area contributed by atoms with Crippen molar-refractivity contribution in [1.29, 1.82) is 0 Å². The van der Waals surface area contributed by atoms with Gasteiger partial charge in [-0.3, -0.25) is 9.59 Å². The van der Waals surface area contributed by atoms with E-state index >= 15 is 0 Å². The molecule has 0 saturated carbocycles. The number of fused-ring (bicyclic) bond motifs is 1. The summed E-state index contributed by atoms with van der Waals surface area (Å²) in [7, 11) is 0. The van der Waals surface area contributed by atoms with Gasteiger partial charge < -0.3 is 14.6 Å². The number of anilines is 1. The van der Waals surface area contributed by atoms with Crippen LogP contribution in [0.4, 0.5) is 5.69 Å². The van der Waals surface area contributed by atoms with E-state index in [1.165, 1.54) is 30.3 Å². The van der Waals surface area contributed by atoms with Crippen LogP contribution in [0.15, 0.2) is 60.7 Å². The van der Waals surface area contributed by atoms with Gasteiger partial charge in [0, 0.05) is 5.56 Å². The van der Waals surface area contributed by atoms with Gasteiger partial charge in [-0.1, -0.05) is 24.3 Å². The van der Waals surface area contributed by atoms with Crippen LogP contribution >= 0.6 is 0 Å². The number of para-hydroxylation sites is 1. The number of ether oxygens (including phenoxy) is 1. The van der Waals surface area contributed by atoms with E-state index in [1.54, 1.807) is 12.1 Å². The van der Waals surface area contributed by atoms with E-state index in [9.17, 15) is 19.5 Å². The van der Waals surface area contributed by atoms with Gasteiger partial charge in [-0.15, -0.1) is 0 Å². The molecule has 3 aromatic rings. The Labute approximate surface area is 167 Å². The van der Waals surface area contributed by atoms with Crippen LogP contribution in [0.2, 0.25) is 0 Å². The molecular formula is C23H16NO5-. The normalized spacial score (nSPS) is 12.8. The standard InChI is InChI=1S/C23H17NO5/c1-13-7-8-15(11-14(13)2)29-16-9-10-17-19(12-16)22(26)24(21(17)25)20-6-4-3-5-18(20)23(27)28/h3-12H,1-2H3,(H,27,28)/p-1. The third-order valence-corrected chi connectivity index (χ3v) is 4.94. The highest BCUT2D eigenvalue weighted by atomic mass is 16.5. The van der Waals surface area contributed by atoms with Crippen LogP contribution in [0, 0.1) is 13.8 Å². The molecule has 1 aliphatic heterocycles. The Balaban J connectivity index is 1.70. The number of aromatic carboxylic acids is 1. The van der Waals surface area contributed by atoms with Gasteiger partial charge in [-0.05, 0) is 61.4 Å². The number of aryl methyl sites for hydroxylation is 2. The van der Waals surface area contributed by atoms with Crippen molar-refractivity contribution in [1.82, 2.24) is 0 Å². The summed E-state index contributed by atoms with van der Waals surface area (Å²) in [5, 5.41) is 11.4.